The summed E-state index contributed by atoms with van der Waals surface area (Å²) in [4.78, 5) is 46.0. The van der Waals surface area contributed by atoms with Crippen LogP contribution in [-0.4, -0.2) is 31.4 Å². The number of amides is 2. The number of carbonyl (C=O) groups excluding carboxylic acids is 2. The first-order valence-electron chi connectivity index (χ1n) is 9.66. The van der Waals surface area contributed by atoms with E-state index in [1.54, 1.807) is 0 Å². The molecule has 1 N–H and O–H groups in total. The molecule has 2 fully saturated rings. The van der Waals surface area contributed by atoms with Gasteiger partial charge in [-0.2, -0.15) is 9.50 Å². The highest BCUT2D eigenvalue weighted by molar-refractivity contribution is 6.21. The highest BCUT2D eigenvalue weighted by Crippen LogP contribution is 2.39. The number of aromatic amines is 1. The molecule has 0 radical (unpaired) electrons. The predicted octanol–water partition coefficient (Wildman–Crippen LogP) is 1.68. The molecule has 3 heterocycles. The van der Waals surface area contributed by atoms with E-state index < -0.39 is 5.56 Å². The van der Waals surface area contributed by atoms with Crippen LogP contribution in [0.1, 0.15) is 31.5 Å². The number of H-pyrrole nitrogens is 1. The number of nitrogens with one attached hydrogen (secondary N) is 1. The van der Waals surface area contributed by atoms with Gasteiger partial charge >= 0.3 is 0 Å². The van der Waals surface area contributed by atoms with Crippen LogP contribution >= 0.6 is 0 Å². The van der Waals surface area contributed by atoms with E-state index in [9.17, 15) is 14.4 Å². The van der Waals surface area contributed by atoms with Crippen molar-refractivity contribution in [2.24, 2.45) is 11.8 Å². The van der Waals surface area contributed by atoms with Gasteiger partial charge in [0.15, 0.2) is 11.6 Å². The molecule has 5 rings (SSSR count). The molecule has 3 aromatic rings. The molecule has 1 saturated carbocycles. The maximum Gasteiger partial charge on any atom is 0.254 e. The first kappa shape index (κ1) is 17.6. The Kier molecular flexibility index (Phi) is 4.15. The smallest absolute Gasteiger partial charge is 0.254 e. The molecule has 2 atom stereocenters. The summed E-state index contributed by atoms with van der Waals surface area (Å²) in [6.07, 6.45) is 3.27. The highest BCUT2D eigenvalue weighted by Gasteiger charge is 2.49. The van der Waals surface area contributed by atoms with Crippen LogP contribution in [0, 0.1) is 11.8 Å². The zero-order valence-corrected chi connectivity index (χ0v) is 15.6. The standard InChI is InChI=1S/C20H19N5O4/c26-16-10-17(24-18(27)13-8-4-5-9-14(13)19(24)28)25-20(22-16)21-15(23-25)11-29-12-6-2-1-3-7-12/h1-3,6-7,10,13-14H,4-5,8-9,11H2,(H,21,22,23,26)/t13-,14+. The average Bonchev–Trinajstić information content (AvgIpc) is 3.26. The Labute approximate surface area is 165 Å². The largest absolute Gasteiger partial charge is 0.486 e. The summed E-state index contributed by atoms with van der Waals surface area (Å²) in [6, 6.07) is 10.4. The molecule has 1 aliphatic heterocycles. The summed E-state index contributed by atoms with van der Waals surface area (Å²) < 4.78 is 6.99. The summed E-state index contributed by atoms with van der Waals surface area (Å²) in [7, 11) is 0. The van der Waals surface area contributed by atoms with E-state index in [1.807, 2.05) is 30.3 Å². The Hall–Kier alpha value is -3.49. The minimum absolute atomic E-state index is 0.0836. The lowest BCUT2D eigenvalue weighted by Crippen LogP contribution is -2.34. The Balaban J connectivity index is 1.51. The van der Waals surface area contributed by atoms with Crippen molar-refractivity contribution in [3.63, 3.8) is 0 Å². The second-order valence-electron chi connectivity index (χ2n) is 7.37. The fourth-order valence-electron chi connectivity index (χ4n) is 4.19. The van der Waals surface area contributed by atoms with Crippen molar-refractivity contribution in [3.05, 3.63) is 52.6 Å². The summed E-state index contributed by atoms with van der Waals surface area (Å²) in [6.45, 7) is 0.0836. The number of anilines is 1. The van der Waals surface area contributed by atoms with Gasteiger partial charge in [-0.05, 0) is 25.0 Å². The van der Waals surface area contributed by atoms with E-state index in [2.05, 4.69) is 15.1 Å². The second-order valence-corrected chi connectivity index (χ2v) is 7.37. The van der Waals surface area contributed by atoms with Crippen LogP contribution in [0.2, 0.25) is 0 Å². The zero-order chi connectivity index (χ0) is 20.0. The van der Waals surface area contributed by atoms with Crippen LogP contribution in [0.3, 0.4) is 0 Å². The van der Waals surface area contributed by atoms with Gasteiger partial charge < -0.3 is 4.74 Å². The number of carbonyl (C=O) groups is 2. The first-order valence-corrected chi connectivity index (χ1v) is 9.66. The van der Waals surface area contributed by atoms with E-state index in [-0.39, 0.29) is 41.9 Å². The molecule has 148 valence electrons. The maximum atomic E-state index is 12.9. The maximum absolute atomic E-state index is 12.9. The van der Waals surface area contributed by atoms with Crippen LogP contribution < -0.4 is 15.2 Å². The molecule has 9 heteroatoms. The lowest BCUT2D eigenvalue weighted by atomic mass is 9.81. The lowest BCUT2D eigenvalue weighted by Gasteiger charge is -2.19. The van der Waals surface area contributed by atoms with Crippen molar-refractivity contribution < 1.29 is 14.3 Å². The van der Waals surface area contributed by atoms with Gasteiger partial charge in [0, 0.05) is 6.07 Å². The number of para-hydroxylation sites is 1. The third-order valence-electron chi connectivity index (χ3n) is 5.54. The van der Waals surface area contributed by atoms with E-state index in [0.29, 0.717) is 24.4 Å². The molecule has 0 spiro atoms. The van der Waals surface area contributed by atoms with Gasteiger partial charge in [0.25, 0.3) is 5.56 Å². The number of ether oxygens (including phenoxy) is 1. The van der Waals surface area contributed by atoms with Gasteiger partial charge in [-0.15, -0.1) is 5.10 Å². The fraction of sp³-hybridized carbons (Fsp3) is 0.350. The number of hydrogen-bond donors (Lipinski definition) is 1. The van der Waals surface area contributed by atoms with Crippen LogP contribution in [0.15, 0.2) is 41.2 Å². The van der Waals surface area contributed by atoms with Crippen molar-refractivity contribution in [1.82, 2.24) is 19.6 Å². The van der Waals surface area contributed by atoms with Crippen molar-refractivity contribution in [1.29, 1.82) is 0 Å². The molecule has 9 nitrogen and oxygen atoms in total. The molecular weight excluding hydrogens is 374 g/mol. The number of imide groups is 1. The molecular formula is C20H19N5O4. The molecule has 2 amide bonds. The highest BCUT2D eigenvalue weighted by atomic mass is 16.5. The SMILES string of the molecule is O=C1[C@H]2CCCC[C@H]2C(=O)N1c1cc(=O)[nH]c2nc(COc3ccccc3)nn12. The molecule has 1 saturated heterocycles. The van der Waals surface area contributed by atoms with Gasteiger partial charge in [-0.1, -0.05) is 31.0 Å². The van der Waals surface area contributed by atoms with Gasteiger partial charge in [0.2, 0.25) is 17.6 Å². The minimum Gasteiger partial charge on any atom is -0.486 e. The van der Waals surface area contributed by atoms with Gasteiger partial charge in [-0.25, -0.2) is 4.90 Å². The molecule has 29 heavy (non-hydrogen) atoms. The first-order chi connectivity index (χ1) is 14.1. The topological polar surface area (TPSA) is 110 Å². The average molecular weight is 393 g/mol. The summed E-state index contributed by atoms with van der Waals surface area (Å²) in [5.74, 6) is 0.141. The molecule has 0 unspecified atom stereocenters. The Morgan fingerprint density at radius 3 is 2.41 bits per heavy atom. The summed E-state index contributed by atoms with van der Waals surface area (Å²) in [5, 5.41) is 4.36. The van der Waals surface area contributed by atoms with Crippen LogP contribution in [0.5, 0.6) is 5.75 Å². The quantitative estimate of drug-likeness (QED) is 0.676. The van der Waals surface area contributed by atoms with Crippen LogP contribution in [-0.2, 0) is 16.2 Å². The second kappa shape index (κ2) is 6.84. The van der Waals surface area contributed by atoms with Gasteiger partial charge in [0.05, 0.1) is 11.8 Å². The normalized spacial score (nSPS) is 21.6. The Bertz CT molecular complexity index is 1130. The monoisotopic (exact) mass is 393 g/mol. The number of aromatic nitrogens is 4. The Morgan fingerprint density at radius 2 is 1.72 bits per heavy atom. The lowest BCUT2D eigenvalue weighted by molar-refractivity contribution is -0.122. The van der Waals surface area contributed by atoms with E-state index in [4.69, 9.17) is 4.74 Å². The third kappa shape index (κ3) is 2.98. The number of nitrogens with zero attached hydrogens (tertiary/aromatic N) is 4. The Morgan fingerprint density at radius 1 is 1.03 bits per heavy atom. The molecule has 0 bridgehead atoms. The molecule has 1 aromatic carbocycles. The predicted molar refractivity (Wildman–Crippen MR) is 102 cm³/mol. The van der Waals surface area contributed by atoms with Crippen LogP contribution in [0.25, 0.3) is 5.78 Å². The minimum atomic E-state index is -0.453. The summed E-state index contributed by atoms with van der Waals surface area (Å²) in [5.41, 5.74) is -0.453. The fourth-order valence-corrected chi connectivity index (χ4v) is 4.19. The van der Waals surface area contributed by atoms with Crippen molar-refractivity contribution in [2.45, 2.75) is 32.3 Å². The molecule has 2 aromatic heterocycles. The number of rotatable bonds is 4. The van der Waals surface area contributed by atoms with E-state index in [1.165, 1.54) is 10.6 Å². The van der Waals surface area contributed by atoms with Gasteiger partial charge in [0.1, 0.15) is 12.4 Å². The zero-order valence-electron chi connectivity index (χ0n) is 15.6. The van der Waals surface area contributed by atoms with E-state index in [0.717, 1.165) is 17.7 Å². The van der Waals surface area contributed by atoms with Crippen molar-refractivity contribution >= 4 is 23.4 Å². The van der Waals surface area contributed by atoms with Crippen molar-refractivity contribution in [2.75, 3.05) is 4.90 Å². The van der Waals surface area contributed by atoms with Crippen LogP contribution in [0.4, 0.5) is 5.82 Å². The number of fused-ring (bicyclic) bond motifs is 2. The molecule has 2 aliphatic rings. The number of hydrogen-bond acceptors (Lipinski definition) is 6. The van der Waals surface area contributed by atoms with Gasteiger partial charge in [-0.3, -0.25) is 19.4 Å². The molecule has 1 aliphatic carbocycles. The van der Waals surface area contributed by atoms with E-state index >= 15 is 0 Å². The summed E-state index contributed by atoms with van der Waals surface area (Å²) >= 11 is 0. The third-order valence-corrected chi connectivity index (χ3v) is 5.54. The van der Waals surface area contributed by atoms with Crippen molar-refractivity contribution in [3.8, 4) is 5.75 Å². The number of benzene rings is 1.